The van der Waals surface area contributed by atoms with Gasteiger partial charge in [0, 0.05) is 0 Å². The maximum absolute atomic E-state index is 8.55. The molecule has 0 saturated heterocycles. The standard InChI is InChI=1S/5CHN2.Fe/c5*2-1-3;/h5*2H;/q5*-1;+5. The van der Waals surface area contributed by atoms with Gasteiger partial charge in [0.1, 0.15) is 0 Å². The Labute approximate surface area is 92.3 Å². The molecule has 0 aromatic heterocycles. The third-order valence-corrected chi connectivity index (χ3v) is 4.46. The molecule has 83 valence electrons. The fourth-order valence-corrected chi connectivity index (χ4v) is 2.54. The molecule has 0 aromatic carbocycles. The molecule has 0 amide bonds. The minimum atomic E-state index is -4.52. The van der Waals surface area contributed by atoms with E-state index in [1.54, 1.807) is 0 Å². The Bertz CT molecular complexity index is 351. The monoisotopic (exact) mass is 261 g/mol. The number of rotatable bonds is 5. The van der Waals surface area contributed by atoms with Crippen molar-refractivity contribution < 1.29 is 12.9 Å². The molecule has 5 N–H and O–H groups in total. The van der Waals surface area contributed by atoms with Crippen LogP contribution in [-0.4, -0.2) is 0 Å². The second kappa shape index (κ2) is 5.00. The Morgan fingerprint density at radius 2 is 0.688 bits per heavy atom. The summed E-state index contributed by atoms with van der Waals surface area (Å²) in [6.07, 6.45) is 7.24. The zero-order valence-electron chi connectivity index (χ0n) is 7.59. The normalized spacial score (nSPS) is 10.3. The number of nitrogens with one attached hydrogen (secondary N) is 5. The third kappa shape index (κ3) is 2.26. The van der Waals surface area contributed by atoms with Crippen LogP contribution in [0.15, 0.2) is 0 Å². The molecule has 0 rings (SSSR count). The van der Waals surface area contributed by atoms with Gasteiger partial charge in [-0.2, -0.15) is 0 Å². The van der Waals surface area contributed by atoms with E-state index in [1.165, 1.54) is 31.0 Å². The van der Waals surface area contributed by atoms with Gasteiger partial charge in [-0.15, -0.1) is 0 Å². The first kappa shape index (κ1) is 13.0. The van der Waals surface area contributed by atoms with Crippen molar-refractivity contribution in [3.8, 4) is 31.0 Å². The topological polar surface area (TPSA) is 179 Å². The molecule has 0 atom stereocenters. The van der Waals surface area contributed by atoms with Crippen LogP contribution in [0.5, 0.6) is 0 Å². The fourth-order valence-electron chi connectivity index (χ4n) is 0.616. The van der Waals surface area contributed by atoms with E-state index in [9.17, 15) is 0 Å². The molecule has 0 heterocycles. The Kier molecular flexibility index (Phi) is 4.05. The van der Waals surface area contributed by atoms with E-state index in [4.69, 9.17) is 26.3 Å². The molecule has 0 radical (unpaired) electrons. The molecule has 0 aliphatic carbocycles. The fraction of sp³-hybridized carbons (Fsp3) is 0. The van der Waals surface area contributed by atoms with Gasteiger partial charge in [-0.1, -0.05) is 0 Å². The maximum atomic E-state index is 8.55. The zero-order valence-corrected chi connectivity index (χ0v) is 8.69. The average Bonchev–Trinajstić information content (AvgIpc) is 2.19. The Balaban J connectivity index is 5.65. The predicted molar refractivity (Wildman–Crippen MR) is 43.7 cm³/mol. The summed E-state index contributed by atoms with van der Waals surface area (Å²) in [5, 5.41) is 42.8. The first-order chi connectivity index (χ1) is 7.62. The SMILES string of the molecule is N#C[NH][Fe]([NH]C#N)([NH]C#N)([NH]C#N)[NH]C#N. The minimum absolute atomic E-state index is 1.45. The molecule has 0 aromatic rings. The van der Waals surface area contributed by atoms with E-state index in [-0.39, 0.29) is 0 Å². The molecule has 0 aliphatic rings. The number of nitriles is 5. The van der Waals surface area contributed by atoms with Gasteiger partial charge in [-0.3, -0.25) is 0 Å². The summed E-state index contributed by atoms with van der Waals surface area (Å²) >= 11 is -4.52. The molecule has 0 unspecified atom stereocenters. The van der Waals surface area contributed by atoms with Crippen LogP contribution in [0.25, 0.3) is 0 Å². The van der Waals surface area contributed by atoms with Crippen LogP contribution in [0.2, 0.25) is 0 Å². The van der Waals surface area contributed by atoms with Gasteiger partial charge in [-0.05, 0) is 0 Å². The summed E-state index contributed by atoms with van der Waals surface area (Å²) in [5.41, 5.74) is 0. The second-order valence-electron chi connectivity index (χ2n) is 1.88. The number of hydrogen-bond donors (Lipinski definition) is 5. The van der Waals surface area contributed by atoms with Crippen molar-refractivity contribution >= 4 is 0 Å². The zero-order chi connectivity index (χ0) is 12.5. The summed E-state index contributed by atoms with van der Waals surface area (Å²) in [7, 11) is 0. The van der Waals surface area contributed by atoms with Crippen molar-refractivity contribution in [3.63, 3.8) is 0 Å². The molecular weight excluding hydrogens is 256 g/mol. The van der Waals surface area contributed by atoms with Crippen molar-refractivity contribution in [1.29, 1.82) is 26.3 Å². The van der Waals surface area contributed by atoms with Crippen LogP contribution in [0.3, 0.4) is 0 Å². The van der Waals surface area contributed by atoms with Crippen molar-refractivity contribution in [3.05, 3.63) is 0 Å². The molecule has 0 aliphatic heterocycles. The van der Waals surface area contributed by atoms with Gasteiger partial charge >= 0.3 is 91.8 Å². The van der Waals surface area contributed by atoms with E-state index in [0.717, 1.165) is 0 Å². The predicted octanol–water partition coefficient (Wildman–Crippen LogP) is -2.40. The summed E-state index contributed by atoms with van der Waals surface area (Å²) < 4.78 is 10.1. The van der Waals surface area contributed by atoms with E-state index < -0.39 is 12.9 Å². The van der Waals surface area contributed by atoms with Gasteiger partial charge < -0.3 is 0 Å². The van der Waals surface area contributed by atoms with Gasteiger partial charge in [-0.25, -0.2) is 0 Å². The summed E-state index contributed by atoms with van der Waals surface area (Å²) in [5.74, 6) is 0. The van der Waals surface area contributed by atoms with Gasteiger partial charge in [0.15, 0.2) is 0 Å². The first-order valence-corrected chi connectivity index (χ1v) is 6.01. The van der Waals surface area contributed by atoms with Crippen LogP contribution in [0.1, 0.15) is 0 Å². The molecule has 0 fully saturated rings. The van der Waals surface area contributed by atoms with E-state index >= 15 is 0 Å². The van der Waals surface area contributed by atoms with Crippen molar-refractivity contribution in [2.45, 2.75) is 0 Å². The van der Waals surface area contributed by atoms with Crippen LogP contribution in [0.4, 0.5) is 0 Å². The van der Waals surface area contributed by atoms with Gasteiger partial charge in [0.05, 0.1) is 0 Å². The second-order valence-corrected chi connectivity index (χ2v) is 6.03. The van der Waals surface area contributed by atoms with Crippen LogP contribution < -0.4 is 21.7 Å². The van der Waals surface area contributed by atoms with Crippen molar-refractivity contribution in [2.24, 2.45) is 0 Å². The third-order valence-electron chi connectivity index (χ3n) is 1.08. The quantitative estimate of drug-likeness (QED) is 0.203. The van der Waals surface area contributed by atoms with Crippen LogP contribution in [-0.2, 0) is 12.9 Å². The van der Waals surface area contributed by atoms with Crippen molar-refractivity contribution in [2.75, 3.05) is 0 Å². The molecule has 0 bridgehead atoms. The van der Waals surface area contributed by atoms with Crippen LogP contribution in [0, 0.1) is 57.3 Å². The first-order valence-electron chi connectivity index (χ1n) is 3.25. The molecule has 11 heteroatoms. The Morgan fingerprint density at radius 3 is 0.812 bits per heavy atom. The molecular formula is C5H5FeN10. The average molecular weight is 261 g/mol. The molecule has 0 spiro atoms. The van der Waals surface area contributed by atoms with E-state index in [2.05, 4.69) is 0 Å². The van der Waals surface area contributed by atoms with E-state index in [1.807, 2.05) is 21.7 Å². The number of nitrogens with zero attached hydrogens (tertiary/aromatic N) is 5. The molecule has 10 nitrogen and oxygen atoms in total. The van der Waals surface area contributed by atoms with Crippen LogP contribution >= 0.6 is 0 Å². The Hall–Kier alpha value is -3.03. The van der Waals surface area contributed by atoms with E-state index in [0.29, 0.717) is 0 Å². The summed E-state index contributed by atoms with van der Waals surface area (Å²) in [6.45, 7) is 0. The van der Waals surface area contributed by atoms with Crippen molar-refractivity contribution in [1.82, 2.24) is 21.7 Å². The van der Waals surface area contributed by atoms with Gasteiger partial charge in [0.25, 0.3) is 0 Å². The Morgan fingerprint density at radius 1 is 0.500 bits per heavy atom. The summed E-state index contributed by atoms with van der Waals surface area (Å²) in [4.78, 5) is 0. The molecule has 16 heavy (non-hydrogen) atoms. The number of hydrogen-bond acceptors (Lipinski definition) is 10. The van der Waals surface area contributed by atoms with Gasteiger partial charge in [0.2, 0.25) is 0 Å². The molecule has 0 saturated carbocycles. The summed E-state index contributed by atoms with van der Waals surface area (Å²) in [6, 6.07) is 0.